The van der Waals surface area contributed by atoms with E-state index >= 15 is 0 Å². The fraction of sp³-hybridized carbons (Fsp3) is 0.324. The van der Waals surface area contributed by atoms with Crippen LogP contribution in [0.15, 0.2) is 95.5 Å². The number of piperidine rings is 1. The molecule has 6 heteroatoms. The van der Waals surface area contributed by atoms with Crippen LogP contribution in [0, 0.1) is 12.3 Å². The maximum atomic E-state index is 14.0. The van der Waals surface area contributed by atoms with Crippen LogP contribution in [0.4, 0.5) is 0 Å². The second-order valence-corrected chi connectivity index (χ2v) is 14.4. The monoisotopic (exact) mass is 551 g/mol. The Labute approximate surface area is 238 Å². The van der Waals surface area contributed by atoms with Crippen molar-refractivity contribution < 1.29 is 8.42 Å². The first kappa shape index (κ1) is 26.7. The van der Waals surface area contributed by atoms with Gasteiger partial charge >= 0.3 is 0 Å². The number of nitrogens with zero attached hydrogens (tertiary/aromatic N) is 3. The number of benzene rings is 3. The quantitative estimate of drug-likeness (QED) is 0.276. The van der Waals surface area contributed by atoms with Crippen LogP contribution in [-0.4, -0.2) is 35.6 Å². The normalized spacial score (nSPS) is 19.6. The number of hydrogen-bond acceptors (Lipinski definition) is 3. The Morgan fingerprint density at radius 2 is 1.62 bits per heavy atom. The van der Waals surface area contributed by atoms with Gasteiger partial charge in [0.1, 0.15) is 0 Å². The average molecular weight is 552 g/mol. The summed E-state index contributed by atoms with van der Waals surface area (Å²) in [6.45, 7) is 9.43. The van der Waals surface area contributed by atoms with Crippen LogP contribution >= 0.6 is 0 Å². The highest BCUT2D eigenvalue weighted by molar-refractivity contribution is 7.89. The van der Waals surface area contributed by atoms with Crippen molar-refractivity contribution in [3.8, 4) is 5.69 Å². The third-order valence-corrected chi connectivity index (χ3v) is 10.4. The molecule has 0 unspecified atom stereocenters. The van der Waals surface area contributed by atoms with Crippen LogP contribution in [0.5, 0.6) is 0 Å². The van der Waals surface area contributed by atoms with Crippen LogP contribution in [0.3, 0.4) is 0 Å². The van der Waals surface area contributed by atoms with Gasteiger partial charge < -0.3 is 0 Å². The fourth-order valence-electron chi connectivity index (χ4n) is 6.23. The predicted octanol–water partition coefficient (Wildman–Crippen LogP) is 6.74. The van der Waals surface area contributed by atoms with Gasteiger partial charge in [-0.2, -0.15) is 9.40 Å². The molecule has 6 rings (SSSR count). The van der Waals surface area contributed by atoms with Crippen molar-refractivity contribution in [3.63, 3.8) is 0 Å². The fourth-order valence-corrected chi connectivity index (χ4v) is 7.75. The van der Waals surface area contributed by atoms with Crippen molar-refractivity contribution >= 4 is 16.1 Å². The minimum absolute atomic E-state index is 0.0321. The Bertz CT molecular complexity index is 1660. The van der Waals surface area contributed by atoms with E-state index in [9.17, 15) is 8.42 Å². The lowest BCUT2D eigenvalue weighted by Crippen LogP contribution is -2.50. The van der Waals surface area contributed by atoms with Crippen LogP contribution in [0.1, 0.15) is 55.1 Å². The molecule has 40 heavy (non-hydrogen) atoms. The van der Waals surface area contributed by atoms with E-state index < -0.39 is 10.0 Å². The molecule has 4 aromatic rings. The van der Waals surface area contributed by atoms with Crippen molar-refractivity contribution in [1.29, 1.82) is 0 Å². The van der Waals surface area contributed by atoms with E-state index in [1.165, 1.54) is 16.7 Å². The first-order chi connectivity index (χ1) is 19.0. The molecule has 0 bridgehead atoms. The summed E-state index contributed by atoms with van der Waals surface area (Å²) in [4.78, 5) is 0.367. The van der Waals surface area contributed by atoms with Crippen LogP contribution in [0.2, 0.25) is 0 Å². The van der Waals surface area contributed by atoms with Gasteiger partial charge in [0.2, 0.25) is 10.0 Å². The van der Waals surface area contributed by atoms with E-state index in [2.05, 4.69) is 82.3 Å². The van der Waals surface area contributed by atoms with Gasteiger partial charge in [0.05, 0.1) is 22.5 Å². The zero-order valence-corrected chi connectivity index (χ0v) is 24.6. The van der Waals surface area contributed by atoms with Gasteiger partial charge in [-0.05, 0) is 78.6 Å². The standard InChI is InChI=1S/C34H37N3O2S/c1-25-10-14-30(15-11-25)37-32-20-29-18-19-36(40(38,39)31-16-12-28(13-17-31)33(2,3)4)24-34(29,22-27(32)23-35-37)21-26-8-6-5-7-9-26/h5-17,20,23H,18-19,21-22,24H2,1-4H3/t34-/m1/s1. The molecule has 1 aliphatic heterocycles. The molecule has 206 valence electrons. The van der Waals surface area contributed by atoms with Gasteiger partial charge in [-0.15, -0.1) is 0 Å². The molecule has 0 radical (unpaired) electrons. The number of aryl methyl sites for hydroxylation is 1. The summed E-state index contributed by atoms with van der Waals surface area (Å²) in [6, 6.07) is 26.3. The second kappa shape index (κ2) is 9.86. The first-order valence-corrected chi connectivity index (χ1v) is 15.5. The molecule has 1 fully saturated rings. The zero-order valence-electron chi connectivity index (χ0n) is 23.8. The number of sulfonamides is 1. The third kappa shape index (κ3) is 4.84. The van der Waals surface area contributed by atoms with Crippen LogP contribution in [-0.2, 0) is 28.3 Å². The highest BCUT2D eigenvalue weighted by atomic mass is 32.2. The zero-order chi connectivity index (χ0) is 28.1. The predicted molar refractivity (Wildman–Crippen MR) is 161 cm³/mol. The van der Waals surface area contributed by atoms with Gasteiger partial charge in [-0.25, -0.2) is 13.1 Å². The molecule has 1 aliphatic carbocycles. The molecule has 0 saturated carbocycles. The molecule has 2 heterocycles. The summed E-state index contributed by atoms with van der Waals surface area (Å²) in [5, 5.41) is 4.78. The SMILES string of the molecule is Cc1ccc(-n2ncc3c2C=C2CCN(S(=O)(=O)c4ccc(C(C)(C)C)cc4)C[C@@]2(Cc2ccccc2)C3)cc1. The van der Waals surface area contributed by atoms with E-state index in [1.54, 1.807) is 16.4 Å². The van der Waals surface area contributed by atoms with Crippen molar-refractivity contribution in [2.24, 2.45) is 5.41 Å². The number of aromatic nitrogens is 2. The lowest BCUT2D eigenvalue weighted by atomic mass is 9.66. The van der Waals surface area contributed by atoms with Gasteiger partial charge in [-0.1, -0.05) is 86.5 Å². The summed E-state index contributed by atoms with van der Waals surface area (Å²) in [7, 11) is -3.64. The van der Waals surface area contributed by atoms with E-state index in [-0.39, 0.29) is 10.8 Å². The minimum atomic E-state index is -3.64. The molecule has 1 saturated heterocycles. The average Bonchev–Trinajstić information content (AvgIpc) is 3.34. The molecule has 0 N–H and O–H groups in total. The first-order valence-electron chi connectivity index (χ1n) is 14.0. The molecule has 1 aromatic heterocycles. The smallest absolute Gasteiger partial charge is 0.233 e. The highest BCUT2D eigenvalue weighted by Crippen LogP contribution is 2.47. The molecular weight excluding hydrogens is 514 g/mol. The third-order valence-electron chi connectivity index (χ3n) is 8.54. The van der Waals surface area contributed by atoms with Crippen LogP contribution in [0.25, 0.3) is 11.8 Å². The Balaban J connectivity index is 1.38. The minimum Gasteiger partial charge on any atom is -0.233 e. The number of hydrogen-bond donors (Lipinski definition) is 0. The molecule has 0 spiro atoms. The Hall–Kier alpha value is -3.48. The summed E-state index contributed by atoms with van der Waals surface area (Å²) in [6.07, 6.45) is 6.49. The lowest BCUT2D eigenvalue weighted by molar-refractivity contribution is 0.209. The molecule has 1 atom stereocenters. The Morgan fingerprint density at radius 3 is 2.30 bits per heavy atom. The Kier molecular flexibility index (Phi) is 6.59. The number of fused-ring (bicyclic) bond motifs is 2. The van der Waals surface area contributed by atoms with Gasteiger partial charge in [-0.3, -0.25) is 0 Å². The maximum Gasteiger partial charge on any atom is 0.243 e. The largest absolute Gasteiger partial charge is 0.243 e. The Morgan fingerprint density at radius 1 is 0.925 bits per heavy atom. The topological polar surface area (TPSA) is 55.2 Å². The molecule has 3 aromatic carbocycles. The van der Waals surface area contributed by atoms with Crippen molar-refractivity contribution in [3.05, 3.63) is 119 Å². The van der Waals surface area contributed by atoms with E-state index in [0.29, 0.717) is 24.4 Å². The molecule has 2 aliphatic rings. The van der Waals surface area contributed by atoms with Crippen molar-refractivity contribution in [2.75, 3.05) is 13.1 Å². The summed E-state index contributed by atoms with van der Waals surface area (Å²) >= 11 is 0. The molecular formula is C34H37N3O2S. The van der Waals surface area contributed by atoms with Crippen molar-refractivity contribution in [1.82, 2.24) is 14.1 Å². The second-order valence-electron chi connectivity index (χ2n) is 12.5. The van der Waals surface area contributed by atoms with E-state index in [4.69, 9.17) is 5.10 Å². The van der Waals surface area contributed by atoms with Gasteiger partial charge in [0.15, 0.2) is 0 Å². The summed E-state index contributed by atoms with van der Waals surface area (Å²) in [5.41, 5.74) is 7.82. The highest BCUT2D eigenvalue weighted by Gasteiger charge is 2.46. The van der Waals surface area contributed by atoms with E-state index in [0.717, 1.165) is 35.3 Å². The van der Waals surface area contributed by atoms with Gasteiger partial charge in [0, 0.05) is 18.5 Å². The van der Waals surface area contributed by atoms with E-state index in [1.807, 2.05) is 29.1 Å². The molecule has 5 nitrogen and oxygen atoms in total. The maximum absolute atomic E-state index is 14.0. The summed E-state index contributed by atoms with van der Waals surface area (Å²) < 4.78 is 31.7. The number of rotatable bonds is 5. The van der Waals surface area contributed by atoms with Gasteiger partial charge in [0.25, 0.3) is 0 Å². The molecule has 0 amide bonds. The van der Waals surface area contributed by atoms with Crippen LogP contribution < -0.4 is 0 Å². The van der Waals surface area contributed by atoms with Crippen molar-refractivity contribution in [2.45, 2.75) is 57.3 Å². The summed E-state index contributed by atoms with van der Waals surface area (Å²) in [5.74, 6) is 0. The lowest BCUT2D eigenvalue weighted by Gasteiger charge is -2.46.